The quantitative estimate of drug-likeness (QED) is 0.854. The molecule has 0 aliphatic carbocycles. The summed E-state index contributed by atoms with van der Waals surface area (Å²) in [7, 11) is 0. The van der Waals surface area contributed by atoms with E-state index in [2.05, 4.69) is 11.2 Å². The minimum absolute atomic E-state index is 0.451. The van der Waals surface area contributed by atoms with E-state index in [0.717, 1.165) is 5.56 Å². The van der Waals surface area contributed by atoms with Gasteiger partial charge in [0.1, 0.15) is 5.60 Å². The summed E-state index contributed by atoms with van der Waals surface area (Å²) in [6.07, 6.45) is 5.33. The van der Waals surface area contributed by atoms with Crippen molar-refractivity contribution >= 4 is 29.3 Å². The highest BCUT2D eigenvalue weighted by molar-refractivity contribution is 6.42. The highest BCUT2D eigenvalue weighted by Crippen LogP contribution is 2.23. The molecule has 1 rings (SSSR count). The number of alkyl carbamates (subject to hydrolysis) is 1. The number of nitrogens with one attached hydrogen (secondary N) is 1. The molecule has 1 unspecified atom stereocenters. The lowest BCUT2D eigenvalue weighted by molar-refractivity contribution is 0.0516. The molecule has 0 saturated carbocycles. The average molecular weight is 314 g/mol. The summed E-state index contributed by atoms with van der Waals surface area (Å²) >= 11 is 11.8. The molecule has 1 aromatic rings. The van der Waals surface area contributed by atoms with E-state index in [-0.39, 0.29) is 0 Å². The van der Waals surface area contributed by atoms with E-state index >= 15 is 0 Å². The predicted molar refractivity (Wildman–Crippen MR) is 82.2 cm³/mol. The van der Waals surface area contributed by atoms with Gasteiger partial charge < -0.3 is 10.1 Å². The first-order valence-corrected chi connectivity index (χ1v) is 6.86. The van der Waals surface area contributed by atoms with Crippen LogP contribution in [0.25, 0.3) is 0 Å². The van der Waals surface area contributed by atoms with Gasteiger partial charge >= 0.3 is 6.09 Å². The van der Waals surface area contributed by atoms with Crippen molar-refractivity contribution in [2.24, 2.45) is 0 Å². The Morgan fingerprint density at radius 2 is 2.05 bits per heavy atom. The molecule has 3 nitrogen and oxygen atoms in total. The maximum Gasteiger partial charge on any atom is 0.408 e. The molecule has 0 heterocycles. The van der Waals surface area contributed by atoms with Gasteiger partial charge in [-0.25, -0.2) is 4.79 Å². The van der Waals surface area contributed by atoms with Crippen LogP contribution in [0.15, 0.2) is 18.2 Å². The molecule has 108 valence electrons. The van der Waals surface area contributed by atoms with Crippen molar-refractivity contribution in [1.82, 2.24) is 5.32 Å². The van der Waals surface area contributed by atoms with E-state index in [1.54, 1.807) is 32.9 Å². The van der Waals surface area contributed by atoms with E-state index in [4.69, 9.17) is 34.4 Å². The van der Waals surface area contributed by atoms with Crippen LogP contribution in [0.5, 0.6) is 0 Å². The van der Waals surface area contributed by atoms with E-state index < -0.39 is 17.7 Å². The first-order valence-electron chi connectivity index (χ1n) is 6.11. The normalized spacial score (nSPS) is 12.4. The topological polar surface area (TPSA) is 38.3 Å². The second kappa shape index (κ2) is 6.88. The maximum absolute atomic E-state index is 11.7. The van der Waals surface area contributed by atoms with Crippen molar-refractivity contribution < 1.29 is 9.53 Å². The summed E-state index contributed by atoms with van der Waals surface area (Å²) in [5, 5.41) is 3.57. The third-order valence-electron chi connectivity index (χ3n) is 2.32. The lowest BCUT2D eigenvalue weighted by Gasteiger charge is -2.21. The van der Waals surface area contributed by atoms with Crippen molar-refractivity contribution in [2.45, 2.75) is 38.8 Å². The van der Waals surface area contributed by atoms with Crippen LogP contribution in [0, 0.1) is 12.3 Å². The van der Waals surface area contributed by atoms with Gasteiger partial charge in [0, 0.05) is 6.42 Å². The van der Waals surface area contributed by atoms with E-state index in [1.807, 2.05) is 6.07 Å². The number of carbonyl (C=O) groups excluding carboxylic acids is 1. The van der Waals surface area contributed by atoms with Gasteiger partial charge in [-0.1, -0.05) is 35.2 Å². The molecule has 20 heavy (non-hydrogen) atoms. The van der Waals surface area contributed by atoms with Gasteiger partial charge in [-0.2, -0.15) is 0 Å². The van der Waals surface area contributed by atoms with Gasteiger partial charge in [0.15, 0.2) is 0 Å². The average Bonchev–Trinajstić information content (AvgIpc) is 2.30. The Bertz CT molecular complexity index is 530. The standard InChI is InChI=1S/C15H17Cl2NO2/c1-5-11(18-14(19)20-15(2,3)4)8-10-6-7-12(16)13(17)9-10/h1,6-7,9,11H,8H2,2-4H3,(H,18,19). The molecule has 0 fully saturated rings. The number of hydrogen-bond donors (Lipinski definition) is 1. The molecule has 0 bridgehead atoms. The Kier molecular flexibility index (Phi) is 5.74. The van der Waals surface area contributed by atoms with Crippen molar-refractivity contribution in [1.29, 1.82) is 0 Å². The monoisotopic (exact) mass is 313 g/mol. The molecule has 0 aliphatic heterocycles. The molecule has 1 aromatic carbocycles. The van der Waals surface area contributed by atoms with Crippen molar-refractivity contribution in [2.75, 3.05) is 0 Å². The van der Waals surface area contributed by atoms with E-state index in [9.17, 15) is 4.79 Å². The van der Waals surface area contributed by atoms with Gasteiger partial charge in [0.05, 0.1) is 16.1 Å². The first-order chi connectivity index (χ1) is 9.21. The molecule has 1 N–H and O–H groups in total. The molecule has 5 heteroatoms. The lowest BCUT2D eigenvalue weighted by atomic mass is 10.1. The Morgan fingerprint density at radius 1 is 1.40 bits per heavy atom. The molecule has 1 amide bonds. The van der Waals surface area contributed by atoms with Gasteiger partial charge in [0.25, 0.3) is 0 Å². The molecular formula is C15H17Cl2NO2. The number of amides is 1. The van der Waals surface area contributed by atoms with Crippen LogP contribution < -0.4 is 5.32 Å². The van der Waals surface area contributed by atoms with Crippen molar-refractivity contribution in [3.05, 3.63) is 33.8 Å². The zero-order valence-electron chi connectivity index (χ0n) is 11.7. The van der Waals surface area contributed by atoms with Crippen molar-refractivity contribution in [3.8, 4) is 12.3 Å². The van der Waals surface area contributed by atoms with E-state index in [0.29, 0.717) is 16.5 Å². The van der Waals surface area contributed by atoms with Gasteiger partial charge in [-0.3, -0.25) is 0 Å². The van der Waals surface area contributed by atoms with E-state index in [1.165, 1.54) is 0 Å². The molecule has 0 aromatic heterocycles. The smallest absolute Gasteiger partial charge is 0.408 e. The van der Waals surface area contributed by atoms with Gasteiger partial charge in [-0.05, 0) is 38.5 Å². The largest absolute Gasteiger partial charge is 0.444 e. The predicted octanol–water partition coefficient (Wildman–Crippen LogP) is 4.06. The third kappa shape index (κ3) is 5.73. The number of rotatable bonds is 3. The number of carbonyl (C=O) groups is 1. The van der Waals surface area contributed by atoms with Gasteiger partial charge in [0.2, 0.25) is 0 Å². The lowest BCUT2D eigenvalue weighted by Crippen LogP contribution is -2.39. The van der Waals surface area contributed by atoms with Crippen LogP contribution in [0.2, 0.25) is 10.0 Å². The Balaban J connectivity index is 2.66. The van der Waals surface area contributed by atoms with Gasteiger partial charge in [-0.15, -0.1) is 6.42 Å². The van der Waals surface area contributed by atoms with Crippen LogP contribution in [0.3, 0.4) is 0 Å². The van der Waals surface area contributed by atoms with Crippen LogP contribution >= 0.6 is 23.2 Å². The zero-order chi connectivity index (χ0) is 15.3. The van der Waals surface area contributed by atoms with Crippen LogP contribution in [0.1, 0.15) is 26.3 Å². The minimum atomic E-state index is -0.563. The van der Waals surface area contributed by atoms with Crippen molar-refractivity contribution in [3.63, 3.8) is 0 Å². The number of terminal acetylenes is 1. The molecule has 0 saturated heterocycles. The molecule has 0 aliphatic rings. The summed E-state index contributed by atoms with van der Waals surface area (Å²) in [5.74, 6) is 2.51. The fraction of sp³-hybridized carbons (Fsp3) is 0.400. The summed E-state index contributed by atoms with van der Waals surface area (Å²) < 4.78 is 5.16. The van der Waals surface area contributed by atoms with Crippen LogP contribution in [-0.4, -0.2) is 17.7 Å². The summed E-state index contributed by atoms with van der Waals surface area (Å²) in [4.78, 5) is 11.7. The Labute approximate surface area is 129 Å². The minimum Gasteiger partial charge on any atom is -0.444 e. The SMILES string of the molecule is C#CC(Cc1ccc(Cl)c(Cl)c1)NC(=O)OC(C)(C)C. The first kappa shape index (κ1) is 16.7. The number of ether oxygens (including phenoxy) is 1. The second-order valence-electron chi connectivity index (χ2n) is 5.32. The second-order valence-corrected chi connectivity index (χ2v) is 6.13. The molecule has 1 atom stereocenters. The zero-order valence-corrected chi connectivity index (χ0v) is 13.2. The van der Waals surface area contributed by atoms with Crippen LogP contribution in [0.4, 0.5) is 4.79 Å². The van der Waals surface area contributed by atoms with Crippen LogP contribution in [-0.2, 0) is 11.2 Å². The maximum atomic E-state index is 11.7. The number of benzene rings is 1. The number of halogens is 2. The highest BCUT2D eigenvalue weighted by atomic mass is 35.5. The summed E-state index contributed by atoms with van der Waals surface area (Å²) in [6.45, 7) is 5.36. The summed E-state index contributed by atoms with van der Waals surface area (Å²) in [5.41, 5.74) is 0.325. The Morgan fingerprint density at radius 3 is 2.55 bits per heavy atom. The molecule has 0 spiro atoms. The fourth-order valence-electron chi connectivity index (χ4n) is 1.50. The molecule has 0 radical (unpaired) electrons. The summed E-state index contributed by atoms with van der Waals surface area (Å²) in [6, 6.07) is 4.77. The fourth-order valence-corrected chi connectivity index (χ4v) is 1.82. The number of hydrogen-bond acceptors (Lipinski definition) is 2. The Hall–Kier alpha value is -1.37. The molecular weight excluding hydrogens is 297 g/mol. The third-order valence-corrected chi connectivity index (χ3v) is 3.06. The highest BCUT2D eigenvalue weighted by Gasteiger charge is 2.18.